The van der Waals surface area contributed by atoms with Crippen LogP contribution in [0.15, 0.2) is 6.07 Å². The van der Waals surface area contributed by atoms with Crippen LogP contribution >= 0.6 is 0 Å². The van der Waals surface area contributed by atoms with Gasteiger partial charge in [-0.1, -0.05) is 6.42 Å². The number of ether oxygens (including phenoxy) is 3. The highest BCUT2D eigenvalue weighted by molar-refractivity contribution is 5.60. The number of methoxy groups -OCH3 is 3. The van der Waals surface area contributed by atoms with E-state index >= 15 is 0 Å². The van der Waals surface area contributed by atoms with E-state index in [9.17, 15) is 0 Å². The minimum Gasteiger partial charge on any atom is -0.493 e. The lowest BCUT2D eigenvalue weighted by Gasteiger charge is -2.22. The largest absolute Gasteiger partial charge is 0.493 e. The van der Waals surface area contributed by atoms with Crippen molar-refractivity contribution in [3.05, 3.63) is 17.2 Å². The fourth-order valence-corrected chi connectivity index (χ4v) is 2.91. The molecule has 1 unspecified atom stereocenters. The summed E-state index contributed by atoms with van der Waals surface area (Å²) >= 11 is 0. The average Bonchev–Trinajstić information content (AvgIpc) is 2.66. The van der Waals surface area contributed by atoms with Gasteiger partial charge in [-0.25, -0.2) is 0 Å². The van der Waals surface area contributed by atoms with Gasteiger partial charge in [0.1, 0.15) is 0 Å². The van der Waals surface area contributed by atoms with E-state index in [-0.39, 0.29) is 0 Å². The van der Waals surface area contributed by atoms with Gasteiger partial charge in [0.25, 0.3) is 0 Å². The summed E-state index contributed by atoms with van der Waals surface area (Å²) in [6.45, 7) is 0. The van der Waals surface area contributed by atoms with Crippen LogP contribution in [-0.4, -0.2) is 28.4 Å². The number of nitrogens with one attached hydrogen (secondary N) is 1. The topological polar surface area (TPSA) is 39.7 Å². The molecule has 0 amide bonds. The first-order valence-electron chi connectivity index (χ1n) is 6.75. The van der Waals surface area contributed by atoms with Gasteiger partial charge in [0.05, 0.1) is 21.3 Å². The van der Waals surface area contributed by atoms with Crippen LogP contribution in [0, 0.1) is 0 Å². The van der Waals surface area contributed by atoms with Gasteiger partial charge in [-0.3, -0.25) is 0 Å². The second-order valence-electron chi connectivity index (χ2n) is 4.80. The summed E-state index contributed by atoms with van der Waals surface area (Å²) in [7, 11) is 7.01. The van der Waals surface area contributed by atoms with Gasteiger partial charge in [0.2, 0.25) is 5.75 Å². The van der Waals surface area contributed by atoms with Crippen molar-refractivity contribution in [1.29, 1.82) is 0 Å². The van der Waals surface area contributed by atoms with Crippen molar-refractivity contribution >= 4 is 0 Å². The summed E-state index contributed by atoms with van der Waals surface area (Å²) < 4.78 is 16.5. The van der Waals surface area contributed by atoms with Crippen LogP contribution in [0.4, 0.5) is 0 Å². The van der Waals surface area contributed by atoms with E-state index in [4.69, 9.17) is 14.2 Å². The second-order valence-corrected chi connectivity index (χ2v) is 4.80. The van der Waals surface area contributed by atoms with Crippen molar-refractivity contribution in [3.8, 4) is 17.2 Å². The third-order valence-corrected chi connectivity index (χ3v) is 3.86. The molecule has 1 aliphatic rings. The van der Waals surface area contributed by atoms with Crippen LogP contribution in [0.5, 0.6) is 17.2 Å². The van der Waals surface area contributed by atoms with Gasteiger partial charge in [0, 0.05) is 11.6 Å². The summed E-state index contributed by atoms with van der Waals surface area (Å²) in [5.41, 5.74) is 2.52. The molecule has 1 aromatic rings. The summed E-state index contributed by atoms with van der Waals surface area (Å²) in [6, 6.07) is 2.44. The Labute approximate surface area is 115 Å². The maximum atomic E-state index is 5.59. The monoisotopic (exact) mass is 265 g/mol. The molecule has 106 valence electrons. The highest BCUT2D eigenvalue weighted by atomic mass is 16.5. The Morgan fingerprint density at radius 1 is 1.05 bits per heavy atom. The first-order chi connectivity index (χ1) is 9.26. The van der Waals surface area contributed by atoms with Crippen molar-refractivity contribution < 1.29 is 14.2 Å². The molecule has 1 aromatic carbocycles. The normalized spacial score (nSPS) is 18.4. The van der Waals surface area contributed by atoms with Gasteiger partial charge in [0.15, 0.2) is 11.5 Å². The fraction of sp³-hybridized carbons (Fsp3) is 0.600. The predicted molar refractivity (Wildman–Crippen MR) is 75.5 cm³/mol. The molecule has 19 heavy (non-hydrogen) atoms. The zero-order valence-corrected chi connectivity index (χ0v) is 12.2. The molecule has 4 nitrogen and oxygen atoms in total. The van der Waals surface area contributed by atoms with Crippen LogP contribution in [0.3, 0.4) is 0 Å². The first-order valence-corrected chi connectivity index (χ1v) is 6.75. The number of hydrogen-bond donors (Lipinski definition) is 1. The zero-order chi connectivity index (χ0) is 13.8. The van der Waals surface area contributed by atoms with Crippen LogP contribution in [-0.2, 0) is 6.42 Å². The molecule has 1 N–H and O–H groups in total. The van der Waals surface area contributed by atoms with E-state index in [0.29, 0.717) is 11.8 Å². The van der Waals surface area contributed by atoms with Crippen molar-refractivity contribution in [2.75, 3.05) is 28.4 Å². The minimum atomic E-state index is 0.353. The molecular formula is C15H23NO3. The van der Waals surface area contributed by atoms with Crippen LogP contribution in [0.25, 0.3) is 0 Å². The molecule has 2 rings (SSSR count). The van der Waals surface area contributed by atoms with Gasteiger partial charge in [-0.2, -0.15) is 0 Å². The van der Waals surface area contributed by atoms with Crippen LogP contribution in [0.2, 0.25) is 0 Å². The molecule has 1 aliphatic carbocycles. The molecule has 0 heterocycles. The summed E-state index contributed by atoms with van der Waals surface area (Å²) in [5.74, 6) is 2.25. The summed E-state index contributed by atoms with van der Waals surface area (Å²) in [4.78, 5) is 0. The number of rotatable bonds is 4. The van der Waals surface area contributed by atoms with Crippen molar-refractivity contribution in [1.82, 2.24) is 5.32 Å². The molecule has 0 fully saturated rings. The van der Waals surface area contributed by atoms with E-state index in [2.05, 4.69) is 11.4 Å². The Morgan fingerprint density at radius 3 is 2.37 bits per heavy atom. The lowest BCUT2D eigenvalue weighted by molar-refractivity contribution is 0.321. The van der Waals surface area contributed by atoms with E-state index in [1.54, 1.807) is 21.3 Å². The SMILES string of the molecule is CNC1CCCCc2c1cc(OC)c(OC)c2OC. The Kier molecular flexibility index (Phi) is 4.53. The first kappa shape index (κ1) is 14.0. The van der Waals surface area contributed by atoms with Crippen molar-refractivity contribution in [2.24, 2.45) is 0 Å². The molecular weight excluding hydrogens is 242 g/mol. The quantitative estimate of drug-likeness (QED) is 0.850. The van der Waals surface area contributed by atoms with E-state index in [1.165, 1.54) is 24.0 Å². The molecule has 0 aliphatic heterocycles. The lowest BCUT2D eigenvalue weighted by Crippen LogP contribution is -2.17. The molecule has 0 saturated heterocycles. The van der Waals surface area contributed by atoms with Gasteiger partial charge < -0.3 is 19.5 Å². The molecule has 0 saturated carbocycles. The number of benzene rings is 1. The zero-order valence-electron chi connectivity index (χ0n) is 12.2. The third kappa shape index (κ3) is 2.50. The highest BCUT2D eigenvalue weighted by Crippen LogP contribution is 2.45. The lowest BCUT2D eigenvalue weighted by atomic mass is 9.97. The molecule has 0 bridgehead atoms. The predicted octanol–water partition coefficient (Wildman–Crippen LogP) is 2.70. The van der Waals surface area contributed by atoms with E-state index in [0.717, 1.165) is 24.3 Å². The molecule has 4 heteroatoms. The smallest absolute Gasteiger partial charge is 0.203 e. The molecule has 1 atom stereocenters. The Balaban J connectivity index is 2.63. The summed E-state index contributed by atoms with van der Waals surface area (Å²) in [6.07, 6.45) is 4.56. The molecule has 0 radical (unpaired) electrons. The van der Waals surface area contributed by atoms with Crippen LogP contribution in [0.1, 0.15) is 36.4 Å². The van der Waals surface area contributed by atoms with Gasteiger partial charge in [-0.15, -0.1) is 0 Å². The summed E-state index contributed by atoms with van der Waals surface area (Å²) in [5, 5.41) is 3.39. The standard InChI is InChI=1S/C15H23NO3/c1-16-12-8-6-5-7-10-11(12)9-13(17-2)15(19-4)14(10)18-3/h9,12,16H,5-8H2,1-4H3. The van der Waals surface area contributed by atoms with E-state index in [1.807, 2.05) is 7.05 Å². The minimum absolute atomic E-state index is 0.353. The Morgan fingerprint density at radius 2 is 1.79 bits per heavy atom. The van der Waals surface area contributed by atoms with E-state index < -0.39 is 0 Å². The Bertz CT molecular complexity index is 446. The second kappa shape index (κ2) is 6.15. The molecule has 0 aromatic heterocycles. The van der Waals surface area contributed by atoms with Gasteiger partial charge >= 0.3 is 0 Å². The average molecular weight is 265 g/mol. The Hall–Kier alpha value is -1.42. The third-order valence-electron chi connectivity index (χ3n) is 3.86. The highest BCUT2D eigenvalue weighted by Gasteiger charge is 2.25. The van der Waals surface area contributed by atoms with Crippen molar-refractivity contribution in [3.63, 3.8) is 0 Å². The maximum Gasteiger partial charge on any atom is 0.203 e. The maximum absolute atomic E-state index is 5.59. The number of fused-ring (bicyclic) bond motifs is 1. The van der Waals surface area contributed by atoms with Crippen molar-refractivity contribution in [2.45, 2.75) is 31.7 Å². The number of hydrogen-bond acceptors (Lipinski definition) is 4. The fourth-order valence-electron chi connectivity index (χ4n) is 2.91. The van der Waals surface area contributed by atoms with Gasteiger partial charge in [-0.05, 0) is 37.9 Å². The molecule has 0 spiro atoms. The van der Waals surface area contributed by atoms with Crippen LogP contribution < -0.4 is 19.5 Å².